The Morgan fingerprint density at radius 1 is 1.41 bits per heavy atom. The average Bonchev–Trinajstić information content (AvgIpc) is 2.28. The molecule has 0 atom stereocenters. The van der Waals surface area contributed by atoms with Crippen molar-refractivity contribution in [2.24, 2.45) is 0 Å². The normalized spacial score (nSPS) is 11.2. The van der Waals surface area contributed by atoms with Crippen LogP contribution in [-0.4, -0.2) is 28.0 Å². The number of nitrogens with one attached hydrogen (secondary N) is 1. The molecule has 0 unspecified atom stereocenters. The van der Waals surface area contributed by atoms with Crippen molar-refractivity contribution in [2.45, 2.75) is 11.3 Å². The number of hydrogen-bond donors (Lipinski definition) is 1. The fourth-order valence-corrected chi connectivity index (χ4v) is 2.68. The number of methoxy groups -OCH3 is 1. The predicted octanol–water partition coefficient (Wildman–Crippen LogP) is 1.18. The molecule has 0 saturated carbocycles. The second kappa shape index (κ2) is 6.00. The number of hydrogen-bond acceptors (Lipinski definition) is 4. The number of carbonyl (C=O) groups excluding carboxylic acids is 1. The Kier molecular flexibility index (Phi) is 4.92. The average molecular weight is 278 g/mol. The molecule has 0 aliphatic heterocycles. The van der Waals surface area contributed by atoms with E-state index >= 15 is 0 Å². The minimum absolute atomic E-state index is 0.00784. The van der Waals surface area contributed by atoms with Crippen LogP contribution in [0.1, 0.15) is 6.42 Å². The van der Waals surface area contributed by atoms with Crippen LogP contribution in [0.2, 0.25) is 5.02 Å². The van der Waals surface area contributed by atoms with Gasteiger partial charge in [-0.2, -0.15) is 0 Å². The van der Waals surface area contributed by atoms with Crippen LogP contribution in [0.5, 0.6) is 0 Å². The number of sulfonamides is 1. The molecule has 1 rings (SSSR count). The molecular formula is C10H12ClNO4S. The first-order valence-electron chi connectivity index (χ1n) is 4.78. The summed E-state index contributed by atoms with van der Waals surface area (Å²) >= 11 is 5.77. The van der Waals surface area contributed by atoms with Crippen molar-refractivity contribution >= 4 is 27.6 Å². The Bertz CT molecular complexity index is 501. The number of esters is 1. The van der Waals surface area contributed by atoms with Crippen LogP contribution >= 0.6 is 11.6 Å². The van der Waals surface area contributed by atoms with Gasteiger partial charge in [-0.1, -0.05) is 23.7 Å². The predicted molar refractivity (Wildman–Crippen MR) is 63.3 cm³/mol. The van der Waals surface area contributed by atoms with Crippen molar-refractivity contribution in [1.82, 2.24) is 4.72 Å². The van der Waals surface area contributed by atoms with Crippen LogP contribution in [0.25, 0.3) is 0 Å². The van der Waals surface area contributed by atoms with E-state index in [4.69, 9.17) is 11.6 Å². The molecular weight excluding hydrogens is 266 g/mol. The Morgan fingerprint density at radius 3 is 2.65 bits per heavy atom. The van der Waals surface area contributed by atoms with E-state index in [1.54, 1.807) is 12.1 Å². The summed E-state index contributed by atoms with van der Waals surface area (Å²) in [6.07, 6.45) is -0.0276. The third-order valence-corrected chi connectivity index (χ3v) is 3.94. The van der Waals surface area contributed by atoms with E-state index < -0.39 is 16.0 Å². The van der Waals surface area contributed by atoms with Gasteiger partial charge in [0.05, 0.1) is 18.6 Å². The molecule has 0 spiro atoms. The molecule has 94 valence electrons. The maximum Gasteiger partial charge on any atom is 0.306 e. The van der Waals surface area contributed by atoms with Gasteiger partial charge in [-0.15, -0.1) is 0 Å². The zero-order valence-corrected chi connectivity index (χ0v) is 10.7. The van der Waals surface area contributed by atoms with E-state index in [0.29, 0.717) is 0 Å². The van der Waals surface area contributed by atoms with Crippen molar-refractivity contribution in [3.05, 3.63) is 29.3 Å². The summed E-state index contributed by atoms with van der Waals surface area (Å²) in [5.41, 5.74) is 0. The summed E-state index contributed by atoms with van der Waals surface area (Å²) in [5, 5.41) is 0.137. The summed E-state index contributed by atoms with van der Waals surface area (Å²) in [6, 6.07) is 6.08. The van der Waals surface area contributed by atoms with E-state index in [1.165, 1.54) is 19.2 Å². The highest BCUT2D eigenvalue weighted by Gasteiger charge is 2.17. The largest absolute Gasteiger partial charge is 0.469 e. The van der Waals surface area contributed by atoms with Gasteiger partial charge in [0.25, 0.3) is 0 Å². The summed E-state index contributed by atoms with van der Waals surface area (Å²) in [5.74, 6) is -0.480. The van der Waals surface area contributed by atoms with E-state index in [1.807, 2.05) is 0 Å². The number of benzene rings is 1. The number of carbonyl (C=O) groups is 1. The van der Waals surface area contributed by atoms with Crippen molar-refractivity contribution in [3.63, 3.8) is 0 Å². The fourth-order valence-electron chi connectivity index (χ4n) is 1.13. The molecule has 0 saturated heterocycles. The third-order valence-electron chi connectivity index (χ3n) is 1.98. The minimum Gasteiger partial charge on any atom is -0.469 e. The van der Waals surface area contributed by atoms with Gasteiger partial charge in [0.2, 0.25) is 10.0 Å². The first-order valence-corrected chi connectivity index (χ1v) is 6.64. The number of halogens is 1. The summed E-state index contributed by atoms with van der Waals surface area (Å²) in [7, 11) is -2.44. The maximum absolute atomic E-state index is 11.8. The zero-order chi connectivity index (χ0) is 12.9. The molecule has 17 heavy (non-hydrogen) atoms. The van der Waals surface area contributed by atoms with Gasteiger partial charge >= 0.3 is 5.97 Å². The van der Waals surface area contributed by atoms with Crippen LogP contribution in [-0.2, 0) is 19.6 Å². The van der Waals surface area contributed by atoms with Crippen LogP contribution in [0.4, 0.5) is 0 Å². The van der Waals surface area contributed by atoms with Crippen LogP contribution in [0.15, 0.2) is 29.2 Å². The number of rotatable bonds is 5. The molecule has 0 aliphatic carbocycles. The molecule has 0 aromatic heterocycles. The molecule has 0 heterocycles. The van der Waals surface area contributed by atoms with Crippen molar-refractivity contribution in [2.75, 3.05) is 13.7 Å². The van der Waals surface area contributed by atoms with Crippen molar-refractivity contribution in [3.8, 4) is 0 Å². The topological polar surface area (TPSA) is 72.5 Å². The quantitative estimate of drug-likeness (QED) is 0.821. The molecule has 7 heteroatoms. The summed E-state index contributed by atoms with van der Waals surface area (Å²) < 4.78 is 30.2. The zero-order valence-electron chi connectivity index (χ0n) is 9.14. The van der Waals surface area contributed by atoms with Gasteiger partial charge in [0.1, 0.15) is 4.90 Å². The van der Waals surface area contributed by atoms with Crippen LogP contribution in [0.3, 0.4) is 0 Å². The summed E-state index contributed by atoms with van der Waals surface area (Å²) in [4.78, 5) is 10.8. The monoisotopic (exact) mass is 277 g/mol. The fraction of sp³-hybridized carbons (Fsp3) is 0.300. The Morgan fingerprint density at radius 2 is 2.06 bits per heavy atom. The molecule has 0 amide bonds. The van der Waals surface area contributed by atoms with E-state index in [0.717, 1.165) is 0 Å². The van der Waals surface area contributed by atoms with Gasteiger partial charge < -0.3 is 4.74 Å². The minimum atomic E-state index is -3.68. The molecule has 0 fully saturated rings. The van der Waals surface area contributed by atoms with E-state index in [-0.39, 0.29) is 22.9 Å². The van der Waals surface area contributed by atoms with Crippen molar-refractivity contribution < 1.29 is 17.9 Å². The number of ether oxygens (including phenoxy) is 1. The van der Waals surface area contributed by atoms with Crippen LogP contribution in [0, 0.1) is 0 Å². The molecule has 1 aromatic carbocycles. The lowest BCUT2D eigenvalue weighted by Crippen LogP contribution is -2.26. The second-order valence-corrected chi connectivity index (χ2v) is 5.30. The Hall–Kier alpha value is -1.11. The standard InChI is InChI=1S/C10H12ClNO4S/c1-16-10(13)6-7-12-17(14,15)9-5-3-2-4-8(9)11/h2-5,12H,6-7H2,1H3. The molecule has 0 bridgehead atoms. The SMILES string of the molecule is COC(=O)CCNS(=O)(=O)c1ccccc1Cl. The maximum atomic E-state index is 11.8. The van der Waals surface area contributed by atoms with Gasteiger partial charge in [0, 0.05) is 6.54 Å². The second-order valence-electron chi connectivity index (χ2n) is 3.15. The lowest BCUT2D eigenvalue weighted by Gasteiger charge is -2.07. The van der Waals surface area contributed by atoms with Gasteiger partial charge in [-0.05, 0) is 12.1 Å². The molecule has 1 N–H and O–H groups in total. The van der Waals surface area contributed by atoms with E-state index in [2.05, 4.69) is 9.46 Å². The first-order chi connectivity index (χ1) is 7.97. The van der Waals surface area contributed by atoms with Gasteiger partial charge in [0.15, 0.2) is 0 Å². The highest BCUT2D eigenvalue weighted by atomic mass is 35.5. The molecule has 5 nitrogen and oxygen atoms in total. The van der Waals surface area contributed by atoms with Crippen molar-refractivity contribution in [1.29, 1.82) is 0 Å². The summed E-state index contributed by atoms with van der Waals surface area (Å²) in [6.45, 7) is -0.0275. The third kappa shape index (κ3) is 3.99. The smallest absolute Gasteiger partial charge is 0.306 e. The molecule has 0 aliphatic rings. The molecule has 1 aromatic rings. The van der Waals surface area contributed by atoms with Crippen LogP contribution < -0.4 is 4.72 Å². The Balaban J connectivity index is 2.70. The first kappa shape index (κ1) is 14.0. The van der Waals surface area contributed by atoms with E-state index in [9.17, 15) is 13.2 Å². The lowest BCUT2D eigenvalue weighted by atomic mass is 10.4. The van der Waals surface area contributed by atoms with Gasteiger partial charge in [-0.25, -0.2) is 13.1 Å². The highest BCUT2D eigenvalue weighted by molar-refractivity contribution is 7.89. The lowest BCUT2D eigenvalue weighted by molar-refractivity contribution is -0.140. The van der Waals surface area contributed by atoms with Gasteiger partial charge in [-0.3, -0.25) is 4.79 Å². The molecule has 0 radical (unpaired) electrons. The Labute approximate surface area is 105 Å². The highest BCUT2D eigenvalue weighted by Crippen LogP contribution is 2.19.